The Bertz CT molecular complexity index is 571. The van der Waals surface area contributed by atoms with E-state index in [1.165, 1.54) is 18.5 Å². The minimum absolute atomic E-state index is 0.151. The molecule has 1 N–H and O–H groups in total. The third-order valence-electron chi connectivity index (χ3n) is 2.64. The van der Waals surface area contributed by atoms with Crippen LogP contribution in [0, 0.1) is 0 Å². The fourth-order valence-electron chi connectivity index (χ4n) is 1.71. The Morgan fingerprint density at radius 1 is 1.33 bits per heavy atom. The van der Waals surface area contributed by atoms with Crippen LogP contribution in [-0.4, -0.2) is 15.9 Å². The molecule has 0 unspecified atom stereocenters. The molecule has 0 saturated carbocycles. The Kier molecular flexibility index (Phi) is 5.60. The van der Waals surface area contributed by atoms with Crippen LogP contribution < -0.4 is 5.32 Å². The smallest absolute Gasteiger partial charge is 0.313 e. The number of alkyl halides is 3. The summed E-state index contributed by atoms with van der Waals surface area (Å²) in [5.74, 6) is 0. The zero-order valence-corrected chi connectivity index (χ0v) is 12.9. The summed E-state index contributed by atoms with van der Waals surface area (Å²) in [7, 11) is 0. The van der Waals surface area contributed by atoms with Crippen molar-refractivity contribution in [3.05, 3.63) is 35.7 Å². The molecule has 0 fully saturated rings. The highest BCUT2D eigenvalue weighted by molar-refractivity contribution is 8.01. The number of benzene rings is 1. The van der Waals surface area contributed by atoms with Crippen LogP contribution in [0.1, 0.15) is 24.5 Å². The van der Waals surface area contributed by atoms with Crippen molar-refractivity contribution < 1.29 is 13.2 Å². The summed E-state index contributed by atoms with van der Waals surface area (Å²) in [5.41, 5.74) is -0.00381. The second kappa shape index (κ2) is 7.24. The largest absolute Gasteiger partial charge is 0.417 e. The van der Waals surface area contributed by atoms with E-state index in [1.807, 2.05) is 6.92 Å². The molecule has 21 heavy (non-hydrogen) atoms. The SMILES string of the molecule is CCCNCc1ccc(Sc2ncns2)c(C(F)(F)F)c1. The number of nitrogens with zero attached hydrogens (tertiary/aromatic N) is 2. The third kappa shape index (κ3) is 4.69. The lowest BCUT2D eigenvalue weighted by atomic mass is 10.1. The topological polar surface area (TPSA) is 37.8 Å². The van der Waals surface area contributed by atoms with Gasteiger partial charge < -0.3 is 5.32 Å². The first-order valence-electron chi connectivity index (χ1n) is 6.36. The number of hydrogen-bond acceptors (Lipinski definition) is 5. The van der Waals surface area contributed by atoms with Crippen LogP contribution in [0.4, 0.5) is 13.2 Å². The van der Waals surface area contributed by atoms with Crippen LogP contribution in [0.5, 0.6) is 0 Å². The van der Waals surface area contributed by atoms with E-state index < -0.39 is 11.7 Å². The number of hydrogen-bond donors (Lipinski definition) is 1. The zero-order chi connectivity index (χ0) is 15.3. The lowest BCUT2D eigenvalue weighted by Gasteiger charge is -2.13. The second-order valence-electron chi connectivity index (χ2n) is 4.31. The van der Waals surface area contributed by atoms with E-state index >= 15 is 0 Å². The molecule has 0 radical (unpaired) electrons. The molecule has 0 aliphatic carbocycles. The fraction of sp³-hybridized carbons (Fsp3) is 0.385. The molecule has 114 valence electrons. The lowest BCUT2D eigenvalue weighted by Crippen LogP contribution is -2.15. The molecule has 1 aromatic carbocycles. The molecule has 8 heteroatoms. The van der Waals surface area contributed by atoms with Gasteiger partial charge in [-0.3, -0.25) is 0 Å². The van der Waals surface area contributed by atoms with E-state index in [0.717, 1.165) is 36.3 Å². The summed E-state index contributed by atoms with van der Waals surface area (Å²) in [6.45, 7) is 3.22. The standard InChI is InChI=1S/C13H14F3N3S2/c1-2-5-17-7-9-3-4-11(10(6-9)13(14,15)16)20-12-18-8-19-21-12/h3-4,6,8,17H,2,5,7H2,1H3. The maximum Gasteiger partial charge on any atom is 0.417 e. The minimum Gasteiger partial charge on any atom is -0.313 e. The van der Waals surface area contributed by atoms with Crippen molar-refractivity contribution in [3.63, 3.8) is 0 Å². The number of aromatic nitrogens is 2. The molecule has 0 spiro atoms. The lowest BCUT2D eigenvalue weighted by molar-refractivity contribution is -0.139. The summed E-state index contributed by atoms with van der Waals surface area (Å²) in [6.07, 6.45) is -2.10. The first kappa shape index (κ1) is 16.3. The summed E-state index contributed by atoms with van der Waals surface area (Å²) >= 11 is 2.07. The summed E-state index contributed by atoms with van der Waals surface area (Å²) in [5, 5.41) is 3.10. The van der Waals surface area contributed by atoms with Gasteiger partial charge in [0.05, 0.1) is 5.56 Å². The molecule has 1 heterocycles. The van der Waals surface area contributed by atoms with Gasteiger partial charge in [-0.1, -0.05) is 24.8 Å². The maximum absolute atomic E-state index is 13.2. The maximum atomic E-state index is 13.2. The molecular formula is C13H14F3N3S2. The zero-order valence-electron chi connectivity index (χ0n) is 11.3. The van der Waals surface area contributed by atoms with Crippen molar-refractivity contribution in [1.29, 1.82) is 0 Å². The van der Waals surface area contributed by atoms with Crippen molar-refractivity contribution in [2.75, 3.05) is 6.54 Å². The van der Waals surface area contributed by atoms with Gasteiger partial charge in [0.1, 0.15) is 6.33 Å². The van der Waals surface area contributed by atoms with Crippen LogP contribution in [0.15, 0.2) is 33.8 Å². The number of rotatable bonds is 6. The van der Waals surface area contributed by atoms with Gasteiger partial charge in [-0.25, -0.2) is 4.98 Å². The predicted molar refractivity (Wildman–Crippen MR) is 77.5 cm³/mol. The van der Waals surface area contributed by atoms with Crippen LogP contribution >= 0.6 is 23.3 Å². The Balaban J connectivity index is 2.23. The van der Waals surface area contributed by atoms with Crippen molar-refractivity contribution in [2.45, 2.75) is 35.3 Å². The Hall–Kier alpha value is -1.12. The molecule has 0 aliphatic rings. The second-order valence-corrected chi connectivity index (χ2v) is 6.38. The molecular weight excluding hydrogens is 319 g/mol. The van der Waals surface area contributed by atoms with Crippen molar-refractivity contribution >= 4 is 23.3 Å². The number of halogens is 3. The predicted octanol–water partition coefficient (Wildman–Crippen LogP) is 4.21. The Labute approximate surface area is 129 Å². The molecule has 0 bridgehead atoms. The minimum atomic E-state index is -4.38. The van der Waals surface area contributed by atoms with Gasteiger partial charge in [-0.15, -0.1) is 0 Å². The van der Waals surface area contributed by atoms with Gasteiger partial charge in [0, 0.05) is 11.4 Å². The first-order chi connectivity index (χ1) is 10.0. The van der Waals surface area contributed by atoms with Crippen molar-refractivity contribution in [3.8, 4) is 0 Å². The molecule has 2 rings (SSSR count). The highest BCUT2D eigenvalue weighted by Gasteiger charge is 2.34. The average molecular weight is 333 g/mol. The summed E-state index contributed by atoms with van der Waals surface area (Å²) < 4.78 is 43.8. The van der Waals surface area contributed by atoms with Gasteiger partial charge in [0.2, 0.25) is 0 Å². The summed E-state index contributed by atoms with van der Waals surface area (Å²) in [6, 6.07) is 4.41. The molecule has 1 aromatic heterocycles. The van der Waals surface area contributed by atoms with Crippen molar-refractivity contribution in [1.82, 2.24) is 14.7 Å². The fourth-order valence-corrected chi connectivity index (χ4v) is 3.24. The molecule has 0 amide bonds. The van der Waals surface area contributed by atoms with Gasteiger partial charge in [0.25, 0.3) is 0 Å². The van der Waals surface area contributed by atoms with Crippen LogP contribution in [-0.2, 0) is 12.7 Å². The molecule has 0 atom stereocenters. The van der Waals surface area contributed by atoms with E-state index in [0.29, 0.717) is 16.4 Å². The molecule has 0 aliphatic heterocycles. The van der Waals surface area contributed by atoms with Gasteiger partial charge in [-0.2, -0.15) is 17.5 Å². The highest BCUT2D eigenvalue weighted by Crippen LogP contribution is 2.40. The van der Waals surface area contributed by atoms with Crippen LogP contribution in [0.25, 0.3) is 0 Å². The third-order valence-corrected chi connectivity index (χ3v) is 4.43. The average Bonchev–Trinajstić information content (AvgIpc) is 2.92. The van der Waals surface area contributed by atoms with E-state index in [-0.39, 0.29) is 4.90 Å². The first-order valence-corrected chi connectivity index (χ1v) is 7.95. The van der Waals surface area contributed by atoms with Crippen molar-refractivity contribution in [2.24, 2.45) is 0 Å². The van der Waals surface area contributed by atoms with Crippen LogP contribution in [0.2, 0.25) is 0 Å². The van der Waals surface area contributed by atoms with Gasteiger partial charge >= 0.3 is 6.18 Å². The quantitative estimate of drug-likeness (QED) is 0.804. The molecule has 3 nitrogen and oxygen atoms in total. The number of nitrogens with one attached hydrogen (secondary N) is 1. The van der Waals surface area contributed by atoms with E-state index in [9.17, 15) is 13.2 Å². The highest BCUT2D eigenvalue weighted by atomic mass is 32.2. The van der Waals surface area contributed by atoms with Gasteiger partial charge in [-0.05, 0) is 42.2 Å². The normalized spacial score (nSPS) is 11.8. The van der Waals surface area contributed by atoms with E-state index in [1.54, 1.807) is 6.07 Å². The molecule has 2 aromatic rings. The Morgan fingerprint density at radius 2 is 2.14 bits per heavy atom. The monoisotopic (exact) mass is 333 g/mol. The Morgan fingerprint density at radius 3 is 2.76 bits per heavy atom. The van der Waals surface area contributed by atoms with E-state index in [2.05, 4.69) is 14.7 Å². The van der Waals surface area contributed by atoms with Gasteiger partial charge in [0.15, 0.2) is 4.34 Å². The van der Waals surface area contributed by atoms with E-state index in [4.69, 9.17) is 0 Å². The van der Waals surface area contributed by atoms with Crippen LogP contribution in [0.3, 0.4) is 0 Å². The summed E-state index contributed by atoms with van der Waals surface area (Å²) in [4.78, 5) is 4.06. The molecule has 0 saturated heterocycles.